The fourth-order valence-electron chi connectivity index (χ4n) is 1.82. The fraction of sp³-hybridized carbons (Fsp3) is 0.0714. The van der Waals surface area contributed by atoms with Crippen LogP contribution in [-0.4, -0.2) is 6.79 Å². The van der Waals surface area contributed by atoms with Crippen LogP contribution in [0.1, 0.15) is 5.56 Å². The molecule has 0 bridgehead atoms. The second-order valence-electron chi connectivity index (χ2n) is 3.85. The van der Waals surface area contributed by atoms with E-state index in [0.29, 0.717) is 5.56 Å². The third kappa shape index (κ3) is 1.82. The van der Waals surface area contributed by atoms with E-state index in [1.165, 1.54) is 0 Å². The van der Waals surface area contributed by atoms with Gasteiger partial charge >= 0.3 is 0 Å². The first-order chi connectivity index (χ1) is 8.86. The number of fused-ring (bicyclic) bond motifs is 1. The molecule has 0 saturated carbocycles. The minimum absolute atomic E-state index is 0.258. The molecule has 4 nitrogen and oxygen atoms in total. The zero-order valence-electron chi connectivity index (χ0n) is 9.51. The Morgan fingerprint density at radius 2 is 1.89 bits per heavy atom. The lowest BCUT2D eigenvalue weighted by Gasteiger charge is -2.08. The first-order valence-electron chi connectivity index (χ1n) is 5.52. The van der Waals surface area contributed by atoms with Gasteiger partial charge in [0.25, 0.3) is 0 Å². The number of hydrogen-bond donors (Lipinski definition) is 1. The van der Waals surface area contributed by atoms with Gasteiger partial charge in [0.05, 0.1) is 11.3 Å². The second kappa shape index (κ2) is 4.30. The summed E-state index contributed by atoms with van der Waals surface area (Å²) in [5.74, 6) is 1.46. The van der Waals surface area contributed by atoms with E-state index in [9.17, 15) is 0 Å². The monoisotopic (exact) mass is 238 g/mol. The molecule has 3 rings (SSSR count). The van der Waals surface area contributed by atoms with E-state index < -0.39 is 0 Å². The van der Waals surface area contributed by atoms with Gasteiger partial charge in [0.1, 0.15) is 6.07 Å². The normalized spacial score (nSPS) is 11.9. The lowest BCUT2D eigenvalue weighted by molar-refractivity contribution is 0.174. The van der Waals surface area contributed by atoms with E-state index in [0.717, 1.165) is 22.9 Å². The van der Waals surface area contributed by atoms with Crippen LogP contribution in [0.5, 0.6) is 11.5 Å². The summed E-state index contributed by atoms with van der Waals surface area (Å²) in [6.07, 6.45) is 0. The maximum Gasteiger partial charge on any atom is 0.231 e. The van der Waals surface area contributed by atoms with Gasteiger partial charge in [0.15, 0.2) is 11.5 Å². The zero-order valence-corrected chi connectivity index (χ0v) is 9.51. The quantitative estimate of drug-likeness (QED) is 0.873. The average Bonchev–Trinajstić information content (AvgIpc) is 2.87. The zero-order chi connectivity index (χ0) is 12.4. The van der Waals surface area contributed by atoms with Crippen LogP contribution in [0, 0.1) is 11.3 Å². The van der Waals surface area contributed by atoms with Crippen molar-refractivity contribution in [1.29, 1.82) is 5.26 Å². The molecule has 0 atom stereocenters. The number of nitrogens with one attached hydrogen (secondary N) is 1. The predicted octanol–water partition coefficient (Wildman–Crippen LogP) is 3.03. The molecule has 18 heavy (non-hydrogen) atoms. The maximum absolute atomic E-state index is 9.02. The molecule has 0 radical (unpaired) electrons. The summed E-state index contributed by atoms with van der Waals surface area (Å²) in [4.78, 5) is 0. The van der Waals surface area contributed by atoms with Gasteiger partial charge in [-0.15, -0.1) is 0 Å². The number of nitriles is 1. The molecule has 4 heteroatoms. The van der Waals surface area contributed by atoms with Gasteiger partial charge < -0.3 is 14.8 Å². The Morgan fingerprint density at radius 3 is 2.78 bits per heavy atom. The first-order valence-corrected chi connectivity index (χ1v) is 5.52. The van der Waals surface area contributed by atoms with Crippen molar-refractivity contribution in [3.63, 3.8) is 0 Å². The van der Waals surface area contributed by atoms with E-state index in [-0.39, 0.29) is 6.79 Å². The maximum atomic E-state index is 9.02. The molecule has 1 N–H and O–H groups in total. The van der Waals surface area contributed by atoms with E-state index in [4.69, 9.17) is 14.7 Å². The molecule has 88 valence electrons. The van der Waals surface area contributed by atoms with Crippen LogP contribution in [0.3, 0.4) is 0 Å². The SMILES string of the molecule is N#Cc1ccccc1Nc1ccc2c(c1)OCO2. The summed E-state index contributed by atoms with van der Waals surface area (Å²) in [6.45, 7) is 0.258. The van der Waals surface area contributed by atoms with Gasteiger partial charge in [0, 0.05) is 11.8 Å². The van der Waals surface area contributed by atoms with E-state index >= 15 is 0 Å². The topological polar surface area (TPSA) is 54.3 Å². The molecule has 0 fully saturated rings. The summed E-state index contributed by atoms with van der Waals surface area (Å²) in [7, 11) is 0. The number of benzene rings is 2. The van der Waals surface area contributed by atoms with Crippen LogP contribution in [0.15, 0.2) is 42.5 Å². The molecule has 0 aromatic heterocycles. The number of anilines is 2. The van der Waals surface area contributed by atoms with Gasteiger partial charge in [-0.25, -0.2) is 0 Å². The highest BCUT2D eigenvalue weighted by Crippen LogP contribution is 2.35. The number of ether oxygens (including phenoxy) is 2. The Hall–Kier alpha value is -2.67. The summed E-state index contributed by atoms with van der Waals surface area (Å²) < 4.78 is 10.6. The van der Waals surface area contributed by atoms with E-state index in [1.807, 2.05) is 36.4 Å². The Morgan fingerprint density at radius 1 is 1.06 bits per heavy atom. The summed E-state index contributed by atoms with van der Waals surface area (Å²) >= 11 is 0. The van der Waals surface area contributed by atoms with Crippen LogP contribution in [0.4, 0.5) is 11.4 Å². The number of nitrogens with zero attached hydrogens (tertiary/aromatic N) is 1. The summed E-state index contributed by atoms with van der Waals surface area (Å²) in [5, 5.41) is 12.2. The van der Waals surface area contributed by atoms with Gasteiger partial charge in [-0.05, 0) is 24.3 Å². The second-order valence-corrected chi connectivity index (χ2v) is 3.85. The standard InChI is InChI=1S/C14H10N2O2/c15-8-10-3-1-2-4-12(10)16-11-5-6-13-14(7-11)18-9-17-13/h1-7,16H,9H2. The molecule has 0 spiro atoms. The predicted molar refractivity (Wildman–Crippen MR) is 67.0 cm³/mol. The van der Waals surface area contributed by atoms with Gasteiger partial charge in [0.2, 0.25) is 6.79 Å². The van der Waals surface area contributed by atoms with Crippen molar-refractivity contribution >= 4 is 11.4 Å². The minimum atomic E-state index is 0.258. The molecule has 1 heterocycles. The summed E-state index contributed by atoms with van der Waals surface area (Å²) in [6, 6.07) is 15.1. The van der Waals surface area contributed by atoms with Crippen LogP contribution < -0.4 is 14.8 Å². The highest BCUT2D eigenvalue weighted by Gasteiger charge is 2.13. The molecule has 0 amide bonds. The van der Waals surface area contributed by atoms with E-state index in [2.05, 4.69) is 11.4 Å². The van der Waals surface area contributed by atoms with Crippen molar-refractivity contribution in [2.75, 3.05) is 12.1 Å². The van der Waals surface area contributed by atoms with Crippen LogP contribution in [-0.2, 0) is 0 Å². The van der Waals surface area contributed by atoms with Gasteiger partial charge in [-0.3, -0.25) is 0 Å². The minimum Gasteiger partial charge on any atom is -0.454 e. The molecular formula is C14H10N2O2. The average molecular weight is 238 g/mol. The highest BCUT2D eigenvalue weighted by molar-refractivity contribution is 5.68. The molecule has 2 aromatic carbocycles. The molecule has 0 saturated heterocycles. The lowest BCUT2D eigenvalue weighted by Crippen LogP contribution is -1.93. The van der Waals surface area contributed by atoms with Crippen molar-refractivity contribution in [2.24, 2.45) is 0 Å². The molecule has 0 unspecified atom stereocenters. The van der Waals surface area contributed by atoms with Crippen LogP contribution in [0.2, 0.25) is 0 Å². The smallest absolute Gasteiger partial charge is 0.231 e. The molecule has 0 aliphatic carbocycles. The van der Waals surface area contributed by atoms with Crippen molar-refractivity contribution in [3.05, 3.63) is 48.0 Å². The van der Waals surface area contributed by atoms with Crippen molar-refractivity contribution in [1.82, 2.24) is 0 Å². The van der Waals surface area contributed by atoms with Gasteiger partial charge in [-0.2, -0.15) is 5.26 Å². The lowest BCUT2D eigenvalue weighted by atomic mass is 10.2. The highest BCUT2D eigenvalue weighted by atomic mass is 16.7. The third-order valence-electron chi connectivity index (χ3n) is 2.70. The molecule has 1 aliphatic rings. The first kappa shape index (κ1) is 10.5. The third-order valence-corrected chi connectivity index (χ3v) is 2.70. The number of para-hydroxylation sites is 1. The van der Waals surface area contributed by atoms with Crippen molar-refractivity contribution < 1.29 is 9.47 Å². The van der Waals surface area contributed by atoms with Gasteiger partial charge in [-0.1, -0.05) is 12.1 Å². The van der Waals surface area contributed by atoms with Crippen LogP contribution >= 0.6 is 0 Å². The number of rotatable bonds is 2. The Kier molecular flexibility index (Phi) is 2.50. The Bertz CT molecular complexity index is 632. The number of hydrogen-bond acceptors (Lipinski definition) is 4. The fourth-order valence-corrected chi connectivity index (χ4v) is 1.82. The summed E-state index contributed by atoms with van der Waals surface area (Å²) in [5.41, 5.74) is 2.25. The molecule has 1 aliphatic heterocycles. The largest absolute Gasteiger partial charge is 0.454 e. The molecule has 2 aromatic rings. The van der Waals surface area contributed by atoms with Crippen molar-refractivity contribution in [2.45, 2.75) is 0 Å². The van der Waals surface area contributed by atoms with E-state index in [1.54, 1.807) is 6.07 Å². The Balaban J connectivity index is 1.91. The molecular weight excluding hydrogens is 228 g/mol. The Labute approximate surface area is 104 Å². The van der Waals surface area contributed by atoms with Crippen molar-refractivity contribution in [3.8, 4) is 17.6 Å². The van der Waals surface area contributed by atoms with Crippen LogP contribution in [0.25, 0.3) is 0 Å².